The van der Waals surface area contributed by atoms with Crippen molar-refractivity contribution >= 4 is 13.4 Å². The van der Waals surface area contributed by atoms with Gasteiger partial charge in [0.05, 0.1) is 0 Å². The van der Waals surface area contributed by atoms with E-state index in [2.05, 4.69) is 23.4 Å². The monoisotopic (exact) mass is 168 g/mol. The van der Waals surface area contributed by atoms with Gasteiger partial charge in [-0.25, -0.2) is 0 Å². The minimum Gasteiger partial charge on any atom is -0.301 e. The standard InChI is InChI=1S/C10H20N2/c1-11-9-7-5-3-4-6-8-10-12-2/h1-10H2. The van der Waals surface area contributed by atoms with Crippen molar-refractivity contribution < 1.29 is 0 Å². The zero-order valence-electron chi connectivity index (χ0n) is 7.97. The number of hydrogen-bond acceptors (Lipinski definition) is 2. The third-order valence-corrected chi connectivity index (χ3v) is 1.88. The van der Waals surface area contributed by atoms with Gasteiger partial charge >= 0.3 is 0 Å². The Morgan fingerprint density at radius 2 is 0.917 bits per heavy atom. The van der Waals surface area contributed by atoms with Crippen LogP contribution < -0.4 is 0 Å². The number of unbranched alkanes of at least 4 members (excludes halogenated alkanes) is 5. The van der Waals surface area contributed by atoms with Crippen molar-refractivity contribution in [2.24, 2.45) is 9.98 Å². The normalized spacial score (nSPS) is 9.67. The molecule has 0 N–H and O–H groups in total. The van der Waals surface area contributed by atoms with E-state index in [9.17, 15) is 0 Å². The van der Waals surface area contributed by atoms with Gasteiger partial charge in [-0.1, -0.05) is 25.7 Å². The predicted molar refractivity (Wildman–Crippen MR) is 56.5 cm³/mol. The topological polar surface area (TPSA) is 24.7 Å². The Labute approximate surface area is 75.8 Å². The molecule has 0 unspecified atom stereocenters. The van der Waals surface area contributed by atoms with Gasteiger partial charge in [0.25, 0.3) is 0 Å². The molecule has 70 valence electrons. The highest BCUT2D eigenvalue weighted by molar-refractivity contribution is 5.23. The van der Waals surface area contributed by atoms with E-state index >= 15 is 0 Å². The van der Waals surface area contributed by atoms with Gasteiger partial charge in [0.15, 0.2) is 0 Å². The average Bonchev–Trinajstić information content (AvgIpc) is 2.10. The first-order valence-corrected chi connectivity index (χ1v) is 4.76. The summed E-state index contributed by atoms with van der Waals surface area (Å²) in [5, 5.41) is 0. The largest absolute Gasteiger partial charge is 0.301 e. The molecule has 0 bridgehead atoms. The summed E-state index contributed by atoms with van der Waals surface area (Å²) in [5.74, 6) is 0. The summed E-state index contributed by atoms with van der Waals surface area (Å²) >= 11 is 0. The van der Waals surface area contributed by atoms with Crippen LogP contribution in [0.5, 0.6) is 0 Å². The van der Waals surface area contributed by atoms with E-state index in [1.165, 1.54) is 38.5 Å². The van der Waals surface area contributed by atoms with Crippen molar-refractivity contribution in [3.05, 3.63) is 0 Å². The SMILES string of the molecule is C=NCCCCCCCCN=C. The molecule has 12 heavy (non-hydrogen) atoms. The molecule has 0 aliphatic rings. The van der Waals surface area contributed by atoms with Crippen molar-refractivity contribution in [3.63, 3.8) is 0 Å². The van der Waals surface area contributed by atoms with Crippen LogP contribution in [0.1, 0.15) is 38.5 Å². The van der Waals surface area contributed by atoms with Crippen LogP contribution >= 0.6 is 0 Å². The summed E-state index contributed by atoms with van der Waals surface area (Å²) in [7, 11) is 0. The van der Waals surface area contributed by atoms with Crippen LogP contribution in [0.4, 0.5) is 0 Å². The molecule has 0 spiro atoms. The van der Waals surface area contributed by atoms with Gasteiger partial charge < -0.3 is 9.98 Å². The van der Waals surface area contributed by atoms with Crippen LogP contribution in [-0.4, -0.2) is 26.5 Å². The van der Waals surface area contributed by atoms with E-state index in [1.54, 1.807) is 0 Å². The van der Waals surface area contributed by atoms with Gasteiger partial charge in [0, 0.05) is 13.1 Å². The zero-order chi connectivity index (χ0) is 9.07. The van der Waals surface area contributed by atoms with Crippen molar-refractivity contribution in [1.29, 1.82) is 0 Å². The Bertz CT molecular complexity index is 96.4. The molecule has 0 aromatic heterocycles. The quantitative estimate of drug-likeness (QED) is 0.373. The second kappa shape index (κ2) is 10.3. The maximum absolute atomic E-state index is 3.81. The first-order chi connectivity index (χ1) is 5.91. The molecule has 0 radical (unpaired) electrons. The van der Waals surface area contributed by atoms with Gasteiger partial charge in [-0.15, -0.1) is 0 Å². The number of nitrogens with zero attached hydrogens (tertiary/aromatic N) is 2. The number of hydrogen-bond donors (Lipinski definition) is 0. The third-order valence-electron chi connectivity index (χ3n) is 1.88. The Hall–Kier alpha value is -0.660. The summed E-state index contributed by atoms with van der Waals surface area (Å²) in [6.07, 6.45) is 7.63. The predicted octanol–water partition coefficient (Wildman–Crippen LogP) is 2.73. The molecule has 0 heterocycles. The third kappa shape index (κ3) is 9.34. The molecular weight excluding hydrogens is 148 g/mol. The van der Waals surface area contributed by atoms with Gasteiger partial charge in [-0.2, -0.15) is 0 Å². The molecule has 2 nitrogen and oxygen atoms in total. The lowest BCUT2D eigenvalue weighted by atomic mass is 10.1. The fourth-order valence-electron chi connectivity index (χ4n) is 1.15. The van der Waals surface area contributed by atoms with E-state index in [-0.39, 0.29) is 0 Å². The van der Waals surface area contributed by atoms with Crippen LogP contribution in [0.3, 0.4) is 0 Å². The Balaban J connectivity index is 2.81. The second-order valence-corrected chi connectivity index (χ2v) is 3.02. The molecule has 2 heteroatoms. The molecule has 0 aliphatic carbocycles. The van der Waals surface area contributed by atoms with Crippen LogP contribution in [0.25, 0.3) is 0 Å². The molecule has 0 saturated heterocycles. The van der Waals surface area contributed by atoms with Crippen molar-refractivity contribution in [2.75, 3.05) is 13.1 Å². The summed E-state index contributed by atoms with van der Waals surface area (Å²) in [4.78, 5) is 7.62. The first-order valence-electron chi connectivity index (χ1n) is 4.76. The van der Waals surface area contributed by atoms with Crippen LogP contribution in [0.2, 0.25) is 0 Å². The van der Waals surface area contributed by atoms with Gasteiger partial charge in [0.2, 0.25) is 0 Å². The molecule has 0 aromatic carbocycles. The average molecular weight is 168 g/mol. The minimum absolute atomic E-state index is 0.925. The highest BCUT2D eigenvalue weighted by atomic mass is 14.7. The van der Waals surface area contributed by atoms with Crippen molar-refractivity contribution in [2.45, 2.75) is 38.5 Å². The molecule has 0 fully saturated rings. The van der Waals surface area contributed by atoms with Crippen molar-refractivity contribution in [1.82, 2.24) is 0 Å². The summed E-state index contributed by atoms with van der Waals surface area (Å²) < 4.78 is 0. The van der Waals surface area contributed by atoms with Gasteiger partial charge in [0.1, 0.15) is 0 Å². The van der Waals surface area contributed by atoms with Gasteiger partial charge in [-0.3, -0.25) is 0 Å². The Kier molecular flexibility index (Phi) is 9.77. The zero-order valence-corrected chi connectivity index (χ0v) is 7.97. The molecular formula is C10H20N2. The first kappa shape index (κ1) is 11.3. The molecule has 0 rings (SSSR count). The summed E-state index contributed by atoms with van der Waals surface area (Å²) in [6.45, 7) is 8.75. The smallest absolute Gasteiger partial charge is 0.0382 e. The van der Waals surface area contributed by atoms with E-state index < -0.39 is 0 Å². The number of aliphatic imine (C=N–C) groups is 2. The maximum atomic E-state index is 3.81. The lowest BCUT2D eigenvalue weighted by molar-refractivity contribution is 0.603. The highest BCUT2D eigenvalue weighted by Gasteiger charge is 1.89. The Morgan fingerprint density at radius 1 is 0.583 bits per heavy atom. The molecule has 0 aliphatic heterocycles. The van der Waals surface area contributed by atoms with Crippen LogP contribution in [0, 0.1) is 0 Å². The maximum Gasteiger partial charge on any atom is 0.0382 e. The van der Waals surface area contributed by atoms with E-state index in [4.69, 9.17) is 0 Å². The molecule has 0 amide bonds. The fourth-order valence-corrected chi connectivity index (χ4v) is 1.15. The van der Waals surface area contributed by atoms with Crippen LogP contribution in [-0.2, 0) is 0 Å². The Morgan fingerprint density at radius 3 is 1.25 bits per heavy atom. The molecule has 0 saturated carbocycles. The molecule has 0 atom stereocenters. The number of rotatable bonds is 9. The van der Waals surface area contributed by atoms with E-state index in [0.717, 1.165) is 13.1 Å². The second-order valence-electron chi connectivity index (χ2n) is 3.02. The van der Waals surface area contributed by atoms with E-state index in [1.807, 2.05) is 0 Å². The van der Waals surface area contributed by atoms with Crippen LogP contribution in [0.15, 0.2) is 9.98 Å². The lowest BCUT2D eigenvalue weighted by Crippen LogP contribution is -1.84. The minimum atomic E-state index is 0.925. The summed E-state index contributed by atoms with van der Waals surface area (Å²) in [6, 6.07) is 0. The lowest BCUT2D eigenvalue weighted by Gasteiger charge is -1.98. The highest BCUT2D eigenvalue weighted by Crippen LogP contribution is 2.05. The van der Waals surface area contributed by atoms with Gasteiger partial charge in [-0.05, 0) is 26.3 Å². The van der Waals surface area contributed by atoms with Crippen molar-refractivity contribution in [3.8, 4) is 0 Å². The molecule has 0 aromatic rings. The van der Waals surface area contributed by atoms with E-state index in [0.29, 0.717) is 0 Å². The fraction of sp³-hybridized carbons (Fsp3) is 0.800. The summed E-state index contributed by atoms with van der Waals surface area (Å²) in [5.41, 5.74) is 0.